The van der Waals surface area contributed by atoms with Crippen LogP contribution in [-0.4, -0.2) is 21.0 Å². The summed E-state index contributed by atoms with van der Waals surface area (Å²) < 4.78 is 0. The van der Waals surface area contributed by atoms with Gasteiger partial charge in [0.2, 0.25) is 5.82 Å². The fourth-order valence-electron chi connectivity index (χ4n) is 1.20. The Bertz CT molecular complexity index is 482. The van der Waals surface area contributed by atoms with Gasteiger partial charge in [-0.15, -0.1) is 5.10 Å². The van der Waals surface area contributed by atoms with Crippen LogP contribution < -0.4 is 0 Å². The van der Waals surface area contributed by atoms with E-state index in [9.17, 15) is 4.79 Å². The number of benzene rings is 1. The van der Waals surface area contributed by atoms with Crippen LogP contribution in [0.1, 0.15) is 17.5 Å². The molecule has 2 aromatic rings. The maximum Gasteiger partial charge on any atom is 0.218 e. The van der Waals surface area contributed by atoms with Crippen molar-refractivity contribution in [1.82, 2.24) is 15.2 Å². The van der Waals surface area contributed by atoms with Gasteiger partial charge in [0.15, 0.2) is 5.78 Å². The van der Waals surface area contributed by atoms with Crippen molar-refractivity contribution in [2.45, 2.75) is 6.92 Å². The predicted molar refractivity (Wildman–Crippen MR) is 55.3 cm³/mol. The molecule has 0 radical (unpaired) electrons. The maximum absolute atomic E-state index is 11.1. The minimum atomic E-state index is -0.180. The lowest BCUT2D eigenvalue weighted by Crippen LogP contribution is -2.03. The maximum atomic E-state index is 11.1. The van der Waals surface area contributed by atoms with E-state index >= 15 is 0 Å². The van der Waals surface area contributed by atoms with E-state index in [1.165, 1.54) is 6.92 Å². The highest BCUT2D eigenvalue weighted by molar-refractivity contribution is 5.90. The number of ketones is 1. The van der Waals surface area contributed by atoms with Gasteiger partial charge >= 0.3 is 0 Å². The molecular formula is C11H9N3O. The van der Waals surface area contributed by atoms with Crippen LogP contribution in [0.15, 0.2) is 36.5 Å². The summed E-state index contributed by atoms with van der Waals surface area (Å²) in [7, 11) is 0. The molecule has 1 aromatic carbocycles. The summed E-state index contributed by atoms with van der Waals surface area (Å²) >= 11 is 0. The van der Waals surface area contributed by atoms with Crippen molar-refractivity contribution in [3.8, 4) is 11.3 Å². The number of carbonyl (C=O) groups excluding carboxylic acids is 1. The largest absolute Gasteiger partial charge is 0.291 e. The van der Waals surface area contributed by atoms with Crippen molar-refractivity contribution in [2.24, 2.45) is 0 Å². The highest BCUT2D eigenvalue weighted by Gasteiger charge is 2.06. The predicted octanol–water partition coefficient (Wildman–Crippen LogP) is 1.74. The van der Waals surface area contributed by atoms with Gasteiger partial charge in [0.05, 0.1) is 11.9 Å². The molecule has 0 spiro atoms. The molecule has 0 fully saturated rings. The lowest BCUT2D eigenvalue weighted by Gasteiger charge is -1.99. The van der Waals surface area contributed by atoms with E-state index in [0.717, 1.165) is 5.56 Å². The fraction of sp³-hybridized carbons (Fsp3) is 0.0909. The number of Topliss-reactive ketones (excluding diaryl/α,β-unsaturated/α-hetero) is 1. The Labute approximate surface area is 87.0 Å². The highest BCUT2D eigenvalue weighted by atomic mass is 16.1. The zero-order chi connectivity index (χ0) is 10.7. The highest BCUT2D eigenvalue weighted by Crippen LogP contribution is 2.14. The van der Waals surface area contributed by atoms with Crippen LogP contribution in [0.5, 0.6) is 0 Å². The molecule has 0 saturated heterocycles. The first-order chi connectivity index (χ1) is 7.27. The third-order valence-corrected chi connectivity index (χ3v) is 1.94. The van der Waals surface area contributed by atoms with E-state index in [0.29, 0.717) is 5.69 Å². The number of nitrogens with zero attached hydrogens (tertiary/aromatic N) is 3. The van der Waals surface area contributed by atoms with E-state index in [1.807, 2.05) is 30.3 Å². The summed E-state index contributed by atoms with van der Waals surface area (Å²) in [5.74, 6) is -0.0309. The Morgan fingerprint density at radius 1 is 1.20 bits per heavy atom. The van der Waals surface area contributed by atoms with Gasteiger partial charge in [-0.25, -0.2) is 4.98 Å². The van der Waals surface area contributed by atoms with Crippen molar-refractivity contribution < 1.29 is 4.79 Å². The topological polar surface area (TPSA) is 55.7 Å². The van der Waals surface area contributed by atoms with E-state index in [-0.39, 0.29) is 11.6 Å². The summed E-state index contributed by atoms with van der Waals surface area (Å²) in [4.78, 5) is 15.2. The molecule has 4 heteroatoms. The summed E-state index contributed by atoms with van der Waals surface area (Å²) in [5, 5.41) is 7.40. The SMILES string of the molecule is CC(=O)c1nncc(-c2ccccc2)n1. The smallest absolute Gasteiger partial charge is 0.218 e. The Morgan fingerprint density at radius 3 is 2.60 bits per heavy atom. The van der Waals surface area contributed by atoms with Crippen molar-refractivity contribution >= 4 is 5.78 Å². The average molecular weight is 199 g/mol. The molecule has 0 aliphatic carbocycles. The molecule has 0 saturated carbocycles. The van der Waals surface area contributed by atoms with Crippen LogP contribution in [0.3, 0.4) is 0 Å². The van der Waals surface area contributed by atoms with Crippen LogP contribution in [0.2, 0.25) is 0 Å². The molecule has 0 aliphatic rings. The summed E-state index contributed by atoms with van der Waals surface area (Å²) in [6, 6.07) is 9.56. The van der Waals surface area contributed by atoms with Crippen molar-refractivity contribution in [3.05, 3.63) is 42.4 Å². The zero-order valence-electron chi connectivity index (χ0n) is 8.21. The van der Waals surface area contributed by atoms with Gasteiger partial charge in [0.1, 0.15) is 0 Å². The lowest BCUT2D eigenvalue weighted by atomic mass is 10.2. The second-order valence-corrected chi connectivity index (χ2v) is 3.09. The third-order valence-electron chi connectivity index (χ3n) is 1.94. The number of carbonyl (C=O) groups is 1. The van der Waals surface area contributed by atoms with Crippen LogP contribution in [-0.2, 0) is 0 Å². The van der Waals surface area contributed by atoms with E-state index < -0.39 is 0 Å². The molecule has 2 rings (SSSR count). The third kappa shape index (κ3) is 2.04. The molecule has 4 nitrogen and oxygen atoms in total. The Balaban J connectivity index is 2.46. The van der Waals surface area contributed by atoms with Crippen molar-refractivity contribution in [3.63, 3.8) is 0 Å². The van der Waals surface area contributed by atoms with Gasteiger partial charge in [-0.2, -0.15) is 5.10 Å². The molecule has 0 amide bonds. The number of hydrogen-bond donors (Lipinski definition) is 0. The molecule has 15 heavy (non-hydrogen) atoms. The molecule has 0 atom stereocenters. The first-order valence-corrected chi connectivity index (χ1v) is 4.53. The number of aromatic nitrogens is 3. The Kier molecular flexibility index (Phi) is 2.49. The van der Waals surface area contributed by atoms with Crippen LogP contribution in [0, 0.1) is 0 Å². The monoisotopic (exact) mass is 199 g/mol. The van der Waals surface area contributed by atoms with Crippen LogP contribution in [0.4, 0.5) is 0 Å². The summed E-state index contributed by atoms with van der Waals surface area (Å²) in [5.41, 5.74) is 1.59. The molecule has 74 valence electrons. The zero-order valence-corrected chi connectivity index (χ0v) is 8.21. The first kappa shape index (κ1) is 9.45. The first-order valence-electron chi connectivity index (χ1n) is 4.53. The number of rotatable bonds is 2. The quantitative estimate of drug-likeness (QED) is 0.691. The number of hydrogen-bond acceptors (Lipinski definition) is 4. The second-order valence-electron chi connectivity index (χ2n) is 3.09. The minimum Gasteiger partial charge on any atom is -0.291 e. The molecule has 1 heterocycles. The average Bonchev–Trinajstić information content (AvgIpc) is 2.30. The van der Waals surface area contributed by atoms with Gasteiger partial charge < -0.3 is 0 Å². The molecule has 0 bridgehead atoms. The minimum absolute atomic E-state index is 0.149. The van der Waals surface area contributed by atoms with Gasteiger partial charge in [-0.1, -0.05) is 30.3 Å². The molecule has 0 N–H and O–H groups in total. The Morgan fingerprint density at radius 2 is 1.93 bits per heavy atom. The molecular weight excluding hydrogens is 190 g/mol. The molecule has 0 unspecified atom stereocenters. The summed E-state index contributed by atoms with van der Waals surface area (Å²) in [6.45, 7) is 1.42. The second kappa shape index (κ2) is 3.96. The van der Waals surface area contributed by atoms with Gasteiger partial charge in [-0.3, -0.25) is 4.79 Å². The van der Waals surface area contributed by atoms with Gasteiger partial charge in [0.25, 0.3) is 0 Å². The van der Waals surface area contributed by atoms with Gasteiger partial charge in [-0.05, 0) is 0 Å². The molecule has 1 aromatic heterocycles. The lowest BCUT2D eigenvalue weighted by molar-refractivity contribution is 0.100. The Hall–Kier alpha value is -2.10. The van der Waals surface area contributed by atoms with Crippen LogP contribution >= 0.6 is 0 Å². The normalized spacial score (nSPS) is 9.93. The summed E-state index contributed by atoms with van der Waals surface area (Å²) in [6.07, 6.45) is 1.54. The van der Waals surface area contributed by atoms with Crippen LogP contribution in [0.25, 0.3) is 11.3 Å². The van der Waals surface area contributed by atoms with E-state index in [1.54, 1.807) is 6.20 Å². The van der Waals surface area contributed by atoms with Gasteiger partial charge in [0, 0.05) is 12.5 Å². The van der Waals surface area contributed by atoms with E-state index in [2.05, 4.69) is 15.2 Å². The fourth-order valence-corrected chi connectivity index (χ4v) is 1.20. The standard InChI is InChI=1S/C11H9N3O/c1-8(15)11-13-10(7-12-14-11)9-5-3-2-4-6-9/h2-7H,1H3. The molecule has 0 aliphatic heterocycles. The van der Waals surface area contributed by atoms with Crippen molar-refractivity contribution in [2.75, 3.05) is 0 Å². The van der Waals surface area contributed by atoms with Crippen molar-refractivity contribution in [1.29, 1.82) is 0 Å². The van der Waals surface area contributed by atoms with E-state index in [4.69, 9.17) is 0 Å².